The summed E-state index contributed by atoms with van der Waals surface area (Å²) in [6, 6.07) is 9.93. The van der Waals surface area contributed by atoms with Gasteiger partial charge >= 0.3 is 0 Å². The lowest BCUT2D eigenvalue weighted by molar-refractivity contribution is 0.165. The van der Waals surface area contributed by atoms with E-state index in [1.807, 2.05) is 12.1 Å². The normalized spacial score (nSPS) is 15.6. The molecule has 3 heteroatoms. The SMILES string of the molecule is C[C@@H](O)[C@@H](N)c1cc2ccccc2s1. The molecule has 0 amide bonds. The Balaban J connectivity index is 2.45. The van der Waals surface area contributed by atoms with Crippen molar-refractivity contribution >= 4 is 21.4 Å². The highest BCUT2D eigenvalue weighted by Crippen LogP contribution is 2.29. The zero-order valence-corrected chi connectivity index (χ0v) is 8.79. The van der Waals surface area contributed by atoms with Crippen molar-refractivity contribution in [1.29, 1.82) is 0 Å². The molecule has 1 aromatic heterocycles. The van der Waals surface area contributed by atoms with Crippen LogP contribution in [0.3, 0.4) is 0 Å². The Hall–Kier alpha value is -0.900. The van der Waals surface area contributed by atoms with E-state index in [-0.39, 0.29) is 6.04 Å². The van der Waals surface area contributed by atoms with Crippen LogP contribution in [0.25, 0.3) is 10.1 Å². The molecule has 74 valence electrons. The van der Waals surface area contributed by atoms with Crippen molar-refractivity contribution in [1.82, 2.24) is 0 Å². The van der Waals surface area contributed by atoms with Gasteiger partial charge in [-0.3, -0.25) is 0 Å². The summed E-state index contributed by atoms with van der Waals surface area (Å²) in [5.41, 5.74) is 5.86. The lowest BCUT2D eigenvalue weighted by Crippen LogP contribution is -2.21. The van der Waals surface area contributed by atoms with Gasteiger partial charge in [-0.15, -0.1) is 11.3 Å². The Morgan fingerprint density at radius 1 is 1.36 bits per heavy atom. The largest absolute Gasteiger partial charge is 0.391 e. The molecule has 0 bridgehead atoms. The van der Waals surface area contributed by atoms with Crippen molar-refractivity contribution < 1.29 is 5.11 Å². The van der Waals surface area contributed by atoms with Crippen molar-refractivity contribution in [3.8, 4) is 0 Å². The van der Waals surface area contributed by atoms with Crippen molar-refractivity contribution in [2.45, 2.75) is 19.1 Å². The third kappa shape index (κ3) is 1.66. The van der Waals surface area contributed by atoms with Crippen molar-refractivity contribution in [3.63, 3.8) is 0 Å². The monoisotopic (exact) mass is 207 g/mol. The highest BCUT2D eigenvalue weighted by atomic mass is 32.1. The first-order valence-electron chi connectivity index (χ1n) is 4.60. The third-order valence-corrected chi connectivity index (χ3v) is 3.51. The van der Waals surface area contributed by atoms with Gasteiger partial charge in [-0.05, 0) is 24.4 Å². The maximum atomic E-state index is 9.38. The predicted octanol–water partition coefficient (Wildman–Crippen LogP) is 2.28. The van der Waals surface area contributed by atoms with Crippen LogP contribution in [0.15, 0.2) is 30.3 Å². The predicted molar refractivity (Wildman–Crippen MR) is 60.4 cm³/mol. The van der Waals surface area contributed by atoms with Crippen LogP contribution in [0, 0.1) is 0 Å². The van der Waals surface area contributed by atoms with Gasteiger partial charge in [0.15, 0.2) is 0 Å². The number of nitrogens with two attached hydrogens (primary N) is 1. The van der Waals surface area contributed by atoms with Crippen molar-refractivity contribution in [2.75, 3.05) is 0 Å². The molecule has 0 saturated heterocycles. The molecule has 14 heavy (non-hydrogen) atoms. The Labute approximate surface area is 87.0 Å². The van der Waals surface area contributed by atoms with Crippen LogP contribution in [0.5, 0.6) is 0 Å². The molecule has 3 N–H and O–H groups in total. The van der Waals surface area contributed by atoms with E-state index >= 15 is 0 Å². The van der Waals surface area contributed by atoms with Crippen LogP contribution in [-0.2, 0) is 0 Å². The smallest absolute Gasteiger partial charge is 0.0712 e. The minimum Gasteiger partial charge on any atom is -0.391 e. The van der Waals surface area contributed by atoms with Crippen LogP contribution < -0.4 is 5.73 Å². The quantitative estimate of drug-likeness (QED) is 0.793. The van der Waals surface area contributed by atoms with Crippen molar-refractivity contribution in [3.05, 3.63) is 35.2 Å². The second-order valence-electron chi connectivity index (χ2n) is 3.45. The number of aliphatic hydroxyl groups excluding tert-OH is 1. The zero-order chi connectivity index (χ0) is 10.1. The molecule has 1 aromatic carbocycles. The second kappa shape index (κ2) is 3.69. The van der Waals surface area contributed by atoms with Gasteiger partial charge in [0.05, 0.1) is 12.1 Å². The van der Waals surface area contributed by atoms with E-state index in [0.29, 0.717) is 0 Å². The van der Waals surface area contributed by atoms with Gasteiger partial charge in [-0.1, -0.05) is 18.2 Å². The molecule has 0 aliphatic rings. The first-order chi connectivity index (χ1) is 6.68. The van der Waals surface area contributed by atoms with Crippen LogP contribution in [-0.4, -0.2) is 11.2 Å². The summed E-state index contributed by atoms with van der Waals surface area (Å²) in [6.45, 7) is 1.72. The molecular formula is C11H13NOS. The molecule has 0 spiro atoms. The number of hydrogen-bond acceptors (Lipinski definition) is 3. The summed E-state index contributed by atoms with van der Waals surface area (Å²) < 4.78 is 1.22. The number of hydrogen-bond donors (Lipinski definition) is 2. The molecule has 0 aliphatic heterocycles. The van der Waals surface area contributed by atoms with E-state index in [9.17, 15) is 5.11 Å². The first kappa shape index (κ1) is 9.65. The van der Waals surface area contributed by atoms with Gasteiger partial charge < -0.3 is 10.8 Å². The Morgan fingerprint density at radius 2 is 2.07 bits per heavy atom. The number of benzene rings is 1. The van der Waals surface area contributed by atoms with E-state index < -0.39 is 6.10 Å². The third-order valence-electron chi connectivity index (χ3n) is 2.29. The molecule has 2 atom stereocenters. The molecular weight excluding hydrogens is 194 g/mol. The molecule has 1 heterocycles. The van der Waals surface area contributed by atoms with Gasteiger partial charge in [0.1, 0.15) is 0 Å². The fourth-order valence-electron chi connectivity index (χ4n) is 1.40. The Morgan fingerprint density at radius 3 is 2.71 bits per heavy atom. The summed E-state index contributed by atoms with van der Waals surface area (Å²) in [6.07, 6.45) is -0.497. The number of fused-ring (bicyclic) bond motifs is 1. The zero-order valence-electron chi connectivity index (χ0n) is 7.97. The van der Waals surface area contributed by atoms with Gasteiger partial charge in [0.25, 0.3) is 0 Å². The highest BCUT2D eigenvalue weighted by Gasteiger charge is 2.14. The molecule has 2 aromatic rings. The average molecular weight is 207 g/mol. The van der Waals surface area contributed by atoms with Crippen LogP contribution in [0.1, 0.15) is 17.8 Å². The lowest BCUT2D eigenvalue weighted by atomic mass is 10.1. The van der Waals surface area contributed by atoms with E-state index in [2.05, 4.69) is 18.2 Å². The molecule has 0 unspecified atom stereocenters. The van der Waals surface area contributed by atoms with E-state index in [1.54, 1.807) is 18.3 Å². The molecule has 2 rings (SSSR count). The molecule has 0 aliphatic carbocycles. The van der Waals surface area contributed by atoms with Gasteiger partial charge in [0, 0.05) is 9.58 Å². The van der Waals surface area contributed by atoms with E-state index in [4.69, 9.17) is 5.73 Å². The number of thiophene rings is 1. The van der Waals surface area contributed by atoms with Crippen LogP contribution in [0.2, 0.25) is 0 Å². The number of aliphatic hydroxyl groups is 1. The van der Waals surface area contributed by atoms with Crippen molar-refractivity contribution in [2.24, 2.45) is 5.73 Å². The summed E-state index contributed by atoms with van der Waals surface area (Å²) >= 11 is 1.65. The molecule has 0 radical (unpaired) electrons. The summed E-state index contributed by atoms with van der Waals surface area (Å²) in [5, 5.41) is 10.6. The highest BCUT2D eigenvalue weighted by molar-refractivity contribution is 7.19. The standard InChI is InChI=1S/C11H13NOS/c1-7(13)11(12)10-6-8-4-2-3-5-9(8)14-10/h2-7,11,13H,12H2,1H3/t7-,11-/m1/s1. The summed E-state index contributed by atoms with van der Waals surface area (Å²) in [4.78, 5) is 1.04. The summed E-state index contributed by atoms with van der Waals surface area (Å²) in [7, 11) is 0. The molecule has 2 nitrogen and oxygen atoms in total. The summed E-state index contributed by atoms with van der Waals surface area (Å²) in [5.74, 6) is 0. The Bertz CT molecular complexity index is 403. The number of rotatable bonds is 2. The maximum Gasteiger partial charge on any atom is 0.0712 e. The molecule has 0 fully saturated rings. The van der Waals surface area contributed by atoms with E-state index in [1.165, 1.54) is 10.1 Å². The minimum atomic E-state index is -0.497. The van der Waals surface area contributed by atoms with Gasteiger partial charge in [-0.25, -0.2) is 0 Å². The van der Waals surface area contributed by atoms with Gasteiger partial charge in [0.2, 0.25) is 0 Å². The maximum absolute atomic E-state index is 9.38. The average Bonchev–Trinajstić information content (AvgIpc) is 2.59. The van der Waals surface area contributed by atoms with Crippen LogP contribution in [0.4, 0.5) is 0 Å². The van der Waals surface area contributed by atoms with Crippen LogP contribution >= 0.6 is 11.3 Å². The topological polar surface area (TPSA) is 46.2 Å². The molecule has 0 saturated carbocycles. The fourth-order valence-corrected chi connectivity index (χ4v) is 2.57. The Kier molecular flexibility index (Phi) is 2.54. The van der Waals surface area contributed by atoms with E-state index in [0.717, 1.165) is 4.88 Å². The van der Waals surface area contributed by atoms with Gasteiger partial charge in [-0.2, -0.15) is 0 Å². The minimum absolute atomic E-state index is 0.271. The second-order valence-corrected chi connectivity index (χ2v) is 4.57. The first-order valence-corrected chi connectivity index (χ1v) is 5.42. The lowest BCUT2D eigenvalue weighted by Gasteiger charge is -2.11. The fraction of sp³-hybridized carbons (Fsp3) is 0.273.